The van der Waals surface area contributed by atoms with E-state index in [1.54, 1.807) is 17.0 Å². The van der Waals surface area contributed by atoms with E-state index in [-0.39, 0.29) is 18.2 Å². The predicted molar refractivity (Wildman–Crippen MR) is 95.5 cm³/mol. The van der Waals surface area contributed by atoms with E-state index < -0.39 is 11.6 Å². The van der Waals surface area contributed by atoms with E-state index in [0.29, 0.717) is 30.6 Å². The first-order valence-corrected chi connectivity index (χ1v) is 8.72. The van der Waals surface area contributed by atoms with E-state index in [2.05, 4.69) is 0 Å². The number of nitrogens with two attached hydrogens (primary N) is 1. The van der Waals surface area contributed by atoms with Gasteiger partial charge in [-0.3, -0.25) is 0 Å². The van der Waals surface area contributed by atoms with Crippen molar-refractivity contribution in [1.29, 1.82) is 0 Å². The number of cyclic esters (lactones) is 1. The number of rotatable bonds is 5. The predicted octanol–water partition coefficient (Wildman–Crippen LogP) is 4.25. The largest absolute Gasteiger partial charge is 0.446 e. The monoisotopic (exact) mass is 360 g/mol. The molecule has 2 aromatic carbocycles. The van der Waals surface area contributed by atoms with Crippen molar-refractivity contribution in [3.05, 3.63) is 59.7 Å². The van der Waals surface area contributed by atoms with E-state index in [4.69, 9.17) is 10.5 Å². The minimum Gasteiger partial charge on any atom is -0.446 e. The summed E-state index contributed by atoms with van der Waals surface area (Å²) in [5.41, 5.74) is 7.44. The molecule has 1 amide bonds. The van der Waals surface area contributed by atoms with Crippen molar-refractivity contribution in [2.24, 2.45) is 5.73 Å². The molecule has 4 nitrogen and oxygen atoms in total. The number of amides is 1. The lowest BCUT2D eigenvalue weighted by Gasteiger charge is -2.35. The lowest BCUT2D eigenvalue weighted by atomic mass is 10.00. The number of carbonyl (C=O) groups is 1. The highest BCUT2D eigenvalue weighted by atomic mass is 19.1. The standard InChI is InChI=1S/C20H22F2N2O2/c1-13(24-11-9-17(8-10-23)26-20(24)25)14-2-4-15(5-3-14)18-7-6-16(21)12-19(18)22/h2-7,12-13,17H,8-11,23H2,1H3. The Bertz CT molecular complexity index is 780. The Balaban J connectivity index is 1.73. The van der Waals surface area contributed by atoms with Crippen molar-refractivity contribution in [2.75, 3.05) is 13.1 Å². The van der Waals surface area contributed by atoms with Gasteiger partial charge in [0.15, 0.2) is 0 Å². The summed E-state index contributed by atoms with van der Waals surface area (Å²) >= 11 is 0. The number of ether oxygens (including phenoxy) is 1. The maximum Gasteiger partial charge on any atom is 0.410 e. The van der Waals surface area contributed by atoms with Gasteiger partial charge in [-0.15, -0.1) is 0 Å². The van der Waals surface area contributed by atoms with Crippen LogP contribution in [0, 0.1) is 11.6 Å². The molecule has 0 bridgehead atoms. The van der Waals surface area contributed by atoms with Gasteiger partial charge in [0.05, 0.1) is 6.04 Å². The molecule has 2 unspecified atom stereocenters. The van der Waals surface area contributed by atoms with Gasteiger partial charge in [0, 0.05) is 24.6 Å². The molecule has 26 heavy (non-hydrogen) atoms. The van der Waals surface area contributed by atoms with Crippen LogP contribution < -0.4 is 5.73 Å². The number of hydrogen-bond acceptors (Lipinski definition) is 3. The van der Waals surface area contributed by atoms with Crippen LogP contribution in [0.15, 0.2) is 42.5 Å². The molecule has 0 radical (unpaired) electrons. The number of hydrogen-bond donors (Lipinski definition) is 1. The molecule has 2 aromatic rings. The zero-order valence-electron chi connectivity index (χ0n) is 14.6. The summed E-state index contributed by atoms with van der Waals surface area (Å²) in [5.74, 6) is -1.20. The highest BCUT2D eigenvalue weighted by Gasteiger charge is 2.30. The van der Waals surface area contributed by atoms with Crippen LogP contribution in [0.3, 0.4) is 0 Å². The molecule has 1 saturated heterocycles. The second kappa shape index (κ2) is 7.83. The van der Waals surface area contributed by atoms with Crippen LogP contribution in [0.25, 0.3) is 11.1 Å². The van der Waals surface area contributed by atoms with Gasteiger partial charge in [-0.1, -0.05) is 24.3 Å². The third-order valence-electron chi connectivity index (χ3n) is 4.79. The van der Waals surface area contributed by atoms with Gasteiger partial charge in [-0.2, -0.15) is 0 Å². The molecule has 0 aliphatic carbocycles. The van der Waals surface area contributed by atoms with Crippen LogP contribution in [0.4, 0.5) is 13.6 Å². The zero-order valence-corrected chi connectivity index (χ0v) is 14.6. The molecule has 0 saturated carbocycles. The van der Waals surface area contributed by atoms with Gasteiger partial charge >= 0.3 is 6.09 Å². The smallest absolute Gasteiger partial charge is 0.410 e. The fraction of sp³-hybridized carbons (Fsp3) is 0.350. The minimum absolute atomic E-state index is 0.111. The van der Waals surface area contributed by atoms with Crippen molar-refractivity contribution in [3.8, 4) is 11.1 Å². The van der Waals surface area contributed by atoms with Crippen molar-refractivity contribution in [2.45, 2.75) is 31.9 Å². The zero-order chi connectivity index (χ0) is 18.7. The Morgan fingerprint density at radius 1 is 1.23 bits per heavy atom. The summed E-state index contributed by atoms with van der Waals surface area (Å²) in [4.78, 5) is 13.9. The average molecular weight is 360 g/mol. The van der Waals surface area contributed by atoms with Gasteiger partial charge < -0.3 is 15.4 Å². The molecule has 1 aliphatic heterocycles. The summed E-state index contributed by atoms with van der Waals surface area (Å²) < 4.78 is 32.4. The number of halogens is 2. The van der Waals surface area contributed by atoms with Crippen molar-refractivity contribution >= 4 is 6.09 Å². The summed E-state index contributed by atoms with van der Waals surface area (Å²) in [5, 5.41) is 0. The number of nitrogens with zero attached hydrogens (tertiary/aromatic N) is 1. The summed E-state index contributed by atoms with van der Waals surface area (Å²) in [6.45, 7) is 3.03. The van der Waals surface area contributed by atoms with E-state index in [1.165, 1.54) is 12.1 Å². The molecule has 0 aromatic heterocycles. The van der Waals surface area contributed by atoms with Crippen molar-refractivity contribution in [1.82, 2.24) is 4.90 Å². The summed E-state index contributed by atoms with van der Waals surface area (Å²) in [7, 11) is 0. The van der Waals surface area contributed by atoms with E-state index in [9.17, 15) is 13.6 Å². The van der Waals surface area contributed by atoms with Crippen molar-refractivity contribution in [3.63, 3.8) is 0 Å². The Hall–Kier alpha value is -2.47. The molecule has 2 N–H and O–H groups in total. The normalized spacial score (nSPS) is 18.5. The molecule has 1 heterocycles. The molecule has 2 atom stereocenters. The second-order valence-corrected chi connectivity index (χ2v) is 6.49. The maximum atomic E-state index is 13.9. The Morgan fingerprint density at radius 3 is 2.58 bits per heavy atom. The molecular weight excluding hydrogens is 338 g/mol. The molecule has 6 heteroatoms. The highest BCUT2D eigenvalue weighted by Crippen LogP contribution is 2.29. The number of benzene rings is 2. The SMILES string of the molecule is CC(c1ccc(-c2ccc(F)cc2F)cc1)N1CCC(CCN)OC1=O. The van der Waals surface area contributed by atoms with Crippen LogP contribution in [-0.4, -0.2) is 30.2 Å². The molecule has 3 rings (SSSR count). The number of carbonyl (C=O) groups excluding carboxylic acids is 1. The first-order valence-electron chi connectivity index (χ1n) is 8.72. The van der Waals surface area contributed by atoms with Gasteiger partial charge in [0.2, 0.25) is 0 Å². The lowest BCUT2D eigenvalue weighted by molar-refractivity contribution is 0.0110. The van der Waals surface area contributed by atoms with Gasteiger partial charge in [0.1, 0.15) is 17.7 Å². The van der Waals surface area contributed by atoms with E-state index >= 15 is 0 Å². The topological polar surface area (TPSA) is 55.6 Å². The Kier molecular flexibility index (Phi) is 5.52. The second-order valence-electron chi connectivity index (χ2n) is 6.49. The molecular formula is C20H22F2N2O2. The van der Waals surface area contributed by atoms with Crippen molar-refractivity contribution < 1.29 is 18.3 Å². The summed E-state index contributed by atoms with van der Waals surface area (Å²) in [6, 6.07) is 10.6. The van der Waals surface area contributed by atoms with Gasteiger partial charge in [-0.05, 0) is 43.1 Å². The van der Waals surface area contributed by atoms with Crippen LogP contribution in [-0.2, 0) is 4.74 Å². The third-order valence-corrected chi connectivity index (χ3v) is 4.79. The van der Waals surface area contributed by atoms with Gasteiger partial charge in [-0.25, -0.2) is 13.6 Å². The fourth-order valence-electron chi connectivity index (χ4n) is 3.23. The first kappa shape index (κ1) is 18.3. The van der Waals surface area contributed by atoms with Gasteiger partial charge in [0.25, 0.3) is 0 Å². The highest BCUT2D eigenvalue weighted by molar-refractivity contribution is 5.69. The lowest BCUT2D eigenvalue weighted by Crippen LogP contribution is -2.43. The van der Waals surface area contributed by atoms with E-state index in [1.807, 2.05) is 19.1 Å². The fourth-order valence-corrected chi connectivity index (χ4v) is 3.23. The third kappa shape index (κ3) is 3.85. The van der Waals surface area contributed by atoms with Crippen LogP contribution in [0.5, 0.6) is 0 Å². The Morgan fingerprint density at radius 2 is 1.96 bits per heavy atom. The first-order chi connectivity index (χ1) is 12.5. The van der Waals surface area contributed by atoms with Crippen LogP contribution >= 0.6 is 0 Å². The van der Waals surface area contributed by atoms with E-state index in [0.717, 1.165) is 18.1 Å². The maximum absolute atomic E-state index is 13.9. The van der Waals surface area contributed by atoms with Crippen LogP contribution in [0.1, 0.15) is 31.4 Å². The molecule has 0 spiro atoms. The Labute approximate surface area is 151 Å². The molecule has 1 fully saturated rings. The minimum atomic E-state index is -0.604. The molecule has 1 aliphatic rings. The van der Waals surface area contributed by atoms with Crippen LogP contribution in [0.2, 0.25) is 0 Å². The quantitative estimate of drug-likeness (QED) is 0.867. The summed E-state index contributed by atoms with van der Waals surface area (Å²) in [6.07, 6.45) is 0.980. The molecule has 138 valence electrons. The average Bonchev–Trinajstić information content (AvgIpc) is 2.62.